The minimum absolute atomic E-state index is 0.0525. The number of halogens is 1. The maximum atomic E-state index is 12.8. The monoisotopic (exact) mass is 418 g/mol. The highest BCUT2D eigenvalue weighted by Gasteiger charge is 2.20. The normalized spacial score (nSPS) is 10.0. The van der Waals surface area contributed by atoms with Crippen molar-refractivity contribution in [1.29, 1.82) is 5.26 Å². The Morgan fingerprint density at radius 3 is 2.33 bits per heavy atom. The molecule has 6 nitrogen and oxygen atoms in total. The van der Waals surface area contributed by atoms with Gasteiger partial charge in [-0.05, 0) is 48.5 Å². The van der Waals surface area contributed by atoms with Crippen molar-refractivity contribution in [2.45, 2.75) is 0 Å². The van der Waals surface area contributed by atoms with Gasteiger partial charge in [-0.2, -0.15) is 5.26 Å². The predicted molar refractivity (Wildman–Crippen MR) is 111 cm³/mol. The van der Waals surface area contributed by atoms with E-state index >= 15 is 0 Å². The van der Waals surface area contributed by atoms with Gasteiger partial charge in [0.15, 0.2) is 12.4 Å². The van der Waals surface area contributed by atoms with E-state index in [2.05, 4.69) is 5.32 Å². The zero-order valence-corrected chi connectivity index (χ0v) is 16.3. The summed E-state index contributed by atoms with van der Waals surface area (Å²) in [5.74, 6) is -1.73. The number of nitrogens with zero attached hydrogens (tertiary/aromatic N) is 1. The Bertz CT molecular complexity index is 1150. The number of ether oxygens (including phenoxy) is 1. The lowest BCUT2D eigenvalue weighted by Gasteiger charge is -2.10. The summed E-state index contributed by atoms with van der Waals surface area (Å²) >= 11 is 5.85. The summed E-state index contributed by atoms with van der Waals surface area (Å²) in [4.78, 5) is 37.3. The van der Waals surface area contributed by atoms with Crippen LogP contribution in [0, 0.1) is 11.3 Å². The van der Waals surface area contributed by atoms with Crippen LogP contribution in [0.25, 0.3) is 0 Å². The molecule has 3 aromatic rings. The molecular weight excluding hydrogens is 404 g/mol. The number of benzene rings is 3. The van der Waals surface area contributed by atoms with Crippen molar-refractivity contribution in [3.8, 4) is 6.07 Å². The first-order valence-corrected chi connectivity index (χ1v) is 9.22. The van der Waals surface area contributed by atoms with Gasteiger partial charge in [0, 0.05) is 21.8 Å². The maximum absolute atomic E-state index is 12.8. The summed E-state index contributed by atoms with van der Waals surface area (Å²) in [5.41, 5.74) is 1.38. The molecule has 3 aromatic carbocycles. The second-order valence-electron chi connectivity index (χ2n) is 6.20. The fourth-order valence-corrected chi connectivity index (χ4v) is 2.81. The Morgan fingerprint density at radius 2 is 1.63 bits per heavy atom. The molecule has 0 saturated carbocycles. The summed E-state index contributed by atoms with van der Waals surface area (Å²) < 4.78 is 5.08. The Kier molecular flexibility index (Phi) is 6.58. The molecule has 1 amide bonds. The first kappa shape index (κ1) is 20.8. The van der Waals surface area contributed by atoms with Crippen LogP contribution >= 0.6 is 11.6 Å². The number of nitrogens with one attached hydrogen (secondary N) is 1. The fourth-order valence-electron chi connectivity index (χ4n) is 2.69. The van der Waals surface area contributed by atoms with Crippen LogP contribution in [0.15, 0.2) is 72.8 Å². The van der Waals surface area contributed by atoms with Crippen LogP contribution in [0.5, 0.6) is 0 Å². The lowest BCUT2D eigenvalue weighted by atomic mass is 9.98. The van der Waals surface area contributed by atoms with E-state index in [0.717, 1.165) is 0 Å². The van der Waals surface area contributed by atoms with Crippen LogP contribution in [-0.4, -0.2) is 24.3 Å². The highest BCUT2D eigenvalue weighted by atomic mass is 35.5. The number of hydrogen-bond donors (Lipinski definition) is 1. The first-order valence-electron chi connectivity index (χ1n) is 8.84. The van der Waals surface area contributed by atoms with Gasteiger partial charge in [-0.1, -0.05) is 35.9 Å². The van der Waals surface area contributed by atoms with E-state index in [4.69, 9.17) is 21.6 Å². The van der Waals surface area contributed by atoms with Gasteiger partial charge in [0.2, 0.25) is 0 Å². The van der Waals surface area contributed by atoms with E-state index in [1.807, 2.05) is 6.07 Å². The highest BCUT2D eigenvalue weighted by molar-refractivity contribution is 6.30. The van der Waals surface area contributed by atoms with Crippen LogP contribution in [0.2, 0.25) is 5.02 Å². The summed E-state index contributed by atoms with van der Waals surface area (Å²) in [5, 5.41) is 11.9. The highest BCUT2D eigenvalue weighted by Crippen LogP contribution is 2.18. The summed E-state index contributed by atoms with van der Waals surface area (Å²) in [6.07, 6.45) is 0. The van der Waals surface area contributed by atoms with Gasteiger partial charge in [0.05, 0.1) is 17.2 Å². The molecule has 0 aliphatic heterocycles. The summed E-state index contributed by atoms with van der Waals surface area (Å²) in [6, 6.07) is 20.8. The Labute approximate surface area is 177 Å². The van der Waals surface area contributed by atoms with Crippen LogP contribution in [-0.2, 0) is 9.53 Å². The number of carbonyl (C=O) groups excluding carboxylic acids is 3. The van der Waals surface area contributed by atoms with Crippen molar-refractivity contribution in [2.75, 3.05) is 11.9 Å². The molecule has 0 fully saturated rings. The third kappa shape index (κ3) is 5.10. The first-order chi connectivity index (χ1) is 14.5. The van der Waals surface area contributed by atoms with Crippen LogP contribution in [0.3, 0.4) is 0 Å². The van der Waals surface area contributed by atoms with Crippen molar-refractivity contribution in [3.05, 3.63) is 100 Å². The number of esters is 1. The van der Waals surface area contributed by atoms with E-state index in [0.29, 0.717) is 21.8 Å². The average Bonchev–Trinajstić information content (AvgIpc) is 2.77. The molecule has 0 aliphatic rings. The number of carbonyl (C=O) groups is 3. The molecule has 0 radical (unpaired) electrons. The molecule has 30 heavy (non-hydrogen) atoms. The van der Waals surface area contributed by atoms with Crippen molar-refractivity contribution >= 4 is 34.9 Å². The molecule has 0 spiro atoms. The summed E-state index contributed by atoms with van der Waals surface area (Å²) in [7, 11) is 0. The lowest BCUT2D eigenvalue weighted by molar-refractivity contribution is -0.119. The Hall–Kier alpha value is -3.95. The Balaban J connectivity index is 1.68. The molecule has 0 heterocycles. The largest absolute Gasteiger partial charge is 0.452 e. The smallest absolute Gasteiger partial charge is 0.339 e. The standard InChI is InChI=1S/C23H15ClN2O4/c24-17-10-8-16(9-11-17)22(28)19-6-1-2-7-20(19)23(29)30-14-21(27)26-18-5-3-4-15(12-18)13-25/h1-12H,14H2,(H,26,27). The number of rotatable bonds is 6. The Morgan fingerprint density at radius 1 is 0.933 bits per heavy atom. The molecule has 7 heteroatoms. The lowest BCUT2D eigenvalue weighted by Crippen LogP contribution is -2.22. The second-order valence-corrected chi connectivity index (χ2v) is 6.63. The molecule has 0 aliphatic carbocycles. The molecule has 1 N–H and O–H groups in total. The van der Waals surface area contributed by atoms with Gasteiger partial charge in [0.25, 0.3) is 5.91 Å². The van der Waals surface area contributed by atoms with Crippen LogP contribution < -0.4 is 5.32 Å². The molecular formula is C23H15ClN2O4. The van der Waals surface area contributed by atoms with Crippen molar-refractivity contribution in [3.63, 3.8) is 0 Å². The molecule has 0 bridgehead atoms. The molecule has 0 aromatic heterocycles. The van der Waals surface area contributed by atoms with Gasteiger partial charge in [0.1, 0.15) is 0 Å². The summed E-state index contributed by atoms with van der Waals surface area (Å²) in [6.45, 7) is -0.543. The SMILES string of the molecule is N#Cc1cccc(NC(=O)COC(=O)c2ccccc2C(=O)c2ccc(Cl)cc2)c1. The van der Waals surface area contributed by atoms with Crippen molar-refractivity contribution < 1.29 is 19.1 Å². The molecule has 148 valence electrons. The zero-order chi connectivity index (χ0) is 21.5. The number of anilines is 1. The second kappa shape index (κ2) is 9.50. The van der Waals surface area contributed by atoms with E-state index < -0.39 is 18.5 Å². The van der Waals surface area contributed by atoms with Gasteiger partial charge >= 0.3 is 5.97 Å². The number of nitriles is 1. The van der Waals surface area contributed by atoms with Gasteiger partial charge in [-0.25, -0.2) is 4.79 Å². The average molecular weight is 419 g/mol. The molecule has 3 rings (SSSR count). The van der Waals surface area contributed by atoms with Crippen LogP contribution in [0.1, 0.15) is 31.8 Å². The third-order valence-corrected chi connectivity index (χ3v) is 4.36. The number of amides is 1. The van der Waals surface area contributed by atoms with Gasteiger partial charge < -0.3 is 10.1 Å². The van der Waals surface area contributed by atoms with E-state index in [1.54, 1.807) is 54.6 Å². The predicted octanol–water partition coefficient (Wildman–Crippen LogP) is 4.24. The minimum Gasteiger partial charge on any atom is -0.452 e. The topological polar surface area (TPSA) is 96.3 Å². The van der Waals surface area contributed by atoms with Crippen molar-refractivity contribution in [2.24, 2.45) is 0 Å². The van der Waals surface area contributed by atoms with E-state index in [1.165, 1.54) is 18.2 Å². The van der Waals surface area contributed by atoms with Crippen LogP contribution in [0.4, 0.5) is 5.69 Å². The van der Waals surface area contributed by atoms with E-state index in [9.17, 15) is 14.4 Å². The van der Waals surface area contributed by atoms with Crippen molar-refractivity contribution in [1.82, 2.24) is 0 Å². The maximum Gasteiger partial charge on any atom is 0.339 e. The van der Waals surface area contributed by atoms with E-state index in [-0.39, 0.29) is 16.9 Å². The third-order valence-electron chi connectivity index (χ3n) is 4.11. The van der Waals surface area contributed by atoms with Gasteiger partial charge in [-0.3, -0.25) is 9.59 Å². The minimum atomic E-state index is -0.797. The molecule has 0 unspecified atom stereocenters. The number of hydrogen-bond acceptors (Lipinski definition) is 5. The molecule has 0 atom stereocenters. The number of ketones is 1. The molecule has 0 saturated heterocycles. The fraction of sp³-hybridized carbons (Fsp3) is 0.0435. The zero-order valence-electron chi connectivity index (χ0n) is 15.6. The van der Waals surface area contributed by atoms with Gasteiger partial charge in [-0.15, -0.1) is 0 Å². The quantitative estimate of drug-likeness (QED) is 0.477.